The van der Waals surface area contributed by atoms with Crippen LogP contribution in [-0.4, -0.2) is 39.5 Å². The average molecular weight is 305 g/mol. The van der Waals surface area contributed by atoms with E-state index in [1.54, 1.807) is 24.3 Å². The molecule has 22 heavy (non-hydrogen) atoms. The van der Waals surface area contributed by atoms with E-state index < -0.39 is 17.7 Å². The first-order valence-electron chi connectivity index (χ1n) is 7.00. The molecule has 0 bridgehead atoms. The minimum atomic E-state index is -1.65. The Morgan fingerprint density at radius 2 is 1.77 bits per heavy atom. The molecule has 2 amide bonds. The molecule has 7 nitrogen and oxygen atoms in total. The van der Waals surface area contributed by atoms with E-state index in [0.717, 1.165) is 10.5 Å². The maximum atomic E-state index is 11.7. The molecule has 2 unspecified atom stereocenters. The van der Waals surface area contributed by atoms with Crippen molar-refractivity contribution in [3.63, 3.8) is 0 Å². The standard InChI is InChI=1S/C15H19N3O4/c16-11(18-12(19)6-7-13(18)20)9-15(17,14(21)22)8-10-4-2-1-3-5-10/h1-5,11H,6-9,16-17H2,(H,21,22). The highest BCUT2D eigenvalue weighted by Gasteiger charge is 2.41. The Bertz CT molecular complexity index is 574. The topological polar surface area (TPSA) is 127 Å². The van der Waals surface area contributed by atoms with Gasteiger partial charge >= 0.3 is 5.97 Å². The number of benzene rings is 1. The van der Waals surface area contributed by atoms with Gasteiger partial charge in [-0.05, 0) is 5.56 Å². The molecule has 1 aliphatic heterocycles. The molecule has 1 fully saturated rings. The van der Waals surface area contributed by atoms with Crippen molar-refractivity contribution in [3.8, 4) is 0 Å². The van der Waals surface area contributed by atoms with Crippen LogP contribution in [0.4, 0.5) is 0 Å². The number of carbonyl (C=O) groups excluding carboxylic acids is 2. The Morgan fingerprint density at radius 3 is 2.27 bits per heavy atom. The van der Waals surface area contributed by atoms with Crippen LogP contribution in [0.25, 0.3) is 0 Å². The number of rotatable bonds is 6. The van der Waals surface area contributed by atoms with Crippen molar-refractivity contribution in [2.24, 2.45) is 11.5 Å². The van der Waals surface area contributed by atoms with E-state index in [0.29, 0.717) is 0 Å². The fraction of sp³-hybridized carbons (Fsp3) is 0.400. The number of hydrogen-bond donors (Lipinski definition) is 3. The molecule has 118 valence electrons. The summed E-state index contributed by atoms with van der Waals surface area (Å²) in [5, 5.41) is 9.45. The minimum absolute atomic E-state index is 0.0626. The van der Waals surface area contributed by atoms with Crippen LogP contribution in [0, 0.1) is 0 Å². The van der Waals surface area contributed by atoms with Gasteiger partial charge in [-0.3, -0.25) is 19.3 Å². The number of nitrogens with zero attached hydrogens (tertiary/aromatic N) is 1. The Hall–Kier alpha value is -2.25. The fourth-order valence-electron chi connectivity index (χ4n) is 2.62. The van der Waals surface area contributed by atoms with Gasteiger partial charge in [0.1, 0.15) is 5.54 Å². The van der Waals surface area contributed by atoms with Crippen molar-refractivity contribution in [3.05, 3.63) is 35.9 Å². The van der Waals surface area contributed by atoms with Gasteiger partial charge in [0.05, 0.1) is 6.17 Å². The second kappa shape index (κ2) is 6.25. The normalized spacial score (nSPS) is 19.1. The van der Waals surface area contributed by atoms with Gasteiger partial charge in [-0.15, -0.1) is 0 Å². The van der Waals surface area contributed by atoms with Gasteiger partial charge in [0.2, 0.25) is 11.8 Å². The lowest BCUT2D eigenvalue weighted by Gasteiger charge is -2.31. The van der Waals surface area contributed by atoms with Gasteiger partial charge in [0.25, 0.3) is 0 Å². The van der Waals surface area contributed by atoms with Gasteiger partial charge in [0, 0.05) is 25.7 Å². The summed E-state index contributed by atoms with van der Waals surface area (Å²) in [6.45, 7) is 0. The van der Waals surface area contributed by atoms with Crippen molar-refractivity contribution in [2.75, 3.05) is 0 Å². The van der Waals surface area contributed by atoms with Gasteiger partial charge in [0.15, 0.2) is 0 Å². The fourth-order valence-corrected chi connectivity index (χ4v) is 2.62. The van der Waals surface area contributed by atoms with E-state index in [9.17, 15) is 19.5 Å². The maximum absolute atomic E-state index is 11.7. The first kappa shape index (κ1) is 16.1. The van der Waals surface area contributed by atoms with Gasteiger partial charge < -0.3 is 16.6 Å². The van der Waals surface area contributed by atoms with Crippen LogP contribution in [0.15, 0.2) is 30.3 Å². The number of carboxylic acid groups (broad SMARTS) is 1. The molecule has 5 N–H and O–H groups in total. The molecule has 1 aromatic rings. The highest BCUT2D eigenvalue weighted by molar-refractivity contribution is 6.02. The van der Waals surface area contributed by atoms with Crippen LogP contribution in [0.3, 0.4) is 0 Å². The summed E-state index contributed by atoms with van der Waals surface area (Å²) in [7, 11) is 0. The number of aliphatic carboxylic acids is 1. The van der Waals surface area contributed by atoms with E-state index in [-0.39, 0.29) is 37.5 Å². The third-order valence-corrected chi connectivity index (χ3v) is 3.78. The predicted molar refractivity (Wildman–Crippen MR) is 78.4 cm³/mol. The predicted octanol–water partition coefficient (Wildman–Crippen LogP) is -0.165. The first-order valence-corrected chi connectivity index (χ1v) is 7.00. The lowest BCUT2D eigenvalue weighted by atomic mass is 9.87. The van der Waals surface area contributed by atoms with Crippen LogP contribution in [0.1, 0.15) is 24.8 Å². The second-order valence-electron chi connectivity index (χ2n) is 5.55. The number of amides is 2. The molecule has 2 atom stereocenters. The zero-order valence-electron chi connectivity index (χ0n) is 12.1. The van der Waals surface area contributed by atoms with E-state index in [4.69, 9.17) is 11.5 Å². The van der Waals surface area contributed by atoms with Gasteiger partial charge in [-0.1, -0.05) is 30.3 Å². The van der Waals surface area contributed by atoms with Crippen molar-refractivity contribution in [1.29, 1.82) is 0 Å². The lowest BCUT2D eigenvalue weighted by molar-refractivity contribution is -0.148. The first-order chi connectivity index (χ1) is 10.3. The molecule has 0 aromatic heterocycles. The molecule has 1 saturated heterocycles. The average Bonchev–Trinajstić information content (AvgIpc) is 2.79. The molecule has 7 heteroatoms. The van der Waals surface area contributed by atoms with E-state index >= 15 is 0 Å². The van der Waals surface area contributed by atoms with Crippen molar-refractivity contribution >= 4 is 17.8 Å². The molecule has 0 radical (unpaired) electrons. The molecule has 0 spiro atoms. The van der Waals surface area contributed by atoms with E-state index in [1.165, 1.54) is 0 Å². The highest BCUT2D eigenvalue weighted by Crippen LogP contribution is 2.22. The molecule has 1 aromatic carbocycles. The SMILES string of the molecule is NC(CC(N)(Cc1ccccc1)C(=O)O)N1C(=O)CCC1=O. The van der Waals surface area contributed by atoms with Gasteiger partial charge in [-0.2, -0.15) is 0 Å². The van der Waals surface area contributed by atoms with Crippen molar-refractivity contribution in [2.45, 2.75) is 37.4 Å². The molecular weight excluding hydrogens is 286 g/mol. The zero-order valence-corrected chi connectivity index (χ0v) is 12.1. The third-order valence-electron chi connectivity index (χ3n) is 3.78. The van der Waals surface area contributed by atoms with Crippen LogP contribution in [0.2, 0.25) is 0 Å². The number of nitrogens with two attached hydrogens (primary N) is 2. The molecule has 2 rings (SSSR count). The number of carbonyl (C=O) groups is 3. The quantitative estimate of drug-likeness (QED) is 0.626. The summed E-state index contributed by atoms with van der Waals surface area (Å²) in [5.41, 5.74) is 11.0. The number of imide groups is 1. The summed E-state index contributed by atoms with van der Waals surface area (Å²) in [4.78, 5) is 35.9. The summed E-state index contributed by atoms with van der Waals surface area (Å²) in [6.07, 6.45) is -0.958. The molecular formula is C15H19N3O4. The smallest absolute Gasteiger partial charge is 0.324 e. The van der Waals surface area contributed by atoms with Crippen LogP contribution in [-0.2, 0) is 20.8 Å². The summed E-state index contributed by atoms with van der Waals surface area (Å²) in [6, 6.07) is 8.91. The Labute approximate surface area is 127 Å². The molecule has 0 aliphatic carbocycles. The molecule has 0 saturated carbocycles. The number of hydrogen-bond acceptors (Lipinski definition) is 5. The summed E-state index contributed by atoms with van der Waals surface area (Å²) < 4.78 is 0. The monoisotopic (exact) mass is 305 g/mol. The minimum Gasteiger partial charge on any atom is -0.480 e. The highest BCUT2D eigenvalue weighted by atomic mass is 16.4. The molecule has 1 heterocycles. The van der Waals surface area contributed by atoms with Crippen LogP contribution in [0.5, 0.6) is 0 Å². The van der Waals surface area contributed by atoms with Gasteiger partial charge in [-0.25, -0.2) is 0 Å². The Kier molecular flexibility index (Phi) is 4.58. The second-order valence-corrected chi connectivity index (χ2v) is 5.55. The maximum Gasteiger partial charge on any atom is 0.324 e. The van der Waals surface area contributed by atoms with Crippen LogP contribution >= 0.6 is 0 Å². The number of carboxylic acids is 1. The van der Waals surface area contributed by atoms with Crippen molar-refractivity contribution < 1.29 is 19.5 Å². The zero-order chi connectivity index (χ0) is 16.3. The Balaban J connectivity index is 2.16. The van der Waals surface area contributed by atoms with Crippen LogP contribution < -0.4 is 11.5 Å². The third kappa shape index (κ3) is 3.32. The summed E-state index contributed by atoms with van der Waals surface area (Å²) >= 11 is 0. The van der Waals surface area contributed by atoms with Crippen molar-refractivity contribution in [1.82, 2.24) is 4.90 Å². The number of likely N-dealkylation sites (tertiary alicyclic amines) is 1. The van der Waals surface area contributed by atoms with E-state index in [2.05, 4.69) is 0 Å². The van der Waals surface area contributed by atoms with E-state index in [1.807, 2.05) is 6.07 Å². The Morgan fingerprint density at radius 1 is 1.23 bits per heavy atom. The largest absolute Gasteiger partial charge is 0.480 e. The lowest BCUT2D eigenvalue weighted by Crippen LogP contribution is -2.57. The summed E-state index contributed by atoms with van der Waals surface area (Å²) in [5.74, 6) is -1.99. The molecule has 1 aliphatic rings.